The molecule has 0 saturated heterocycles. The van der Waals surface area contributed by atoms with Crippen molar-refractivity contribution in [3.63, 3.8) is 0 Å². The number of carbonyl (C=O) groups is 1. The van der Waals surface area contributed by atoms with E-state index in [2.05, 4.69) is 20.6 Å². The Balaban J connectivity index is 1.86. The second-order valence-electron chi connectivity index (χ2n) is 6.42. The predicted molar refractivity (Wildman–Crippen MR) is 95.8 cm³/mol. The maximum absolute atomic E-state index is 12.0. The first-order valence-corrected chi connectivity index (χ1v) is 8.65. The maximum Gasteiger partial charge on any atom is 0.315 e. The first-order chi connectivity index (χ1) is 11.5. The number of amides is 2. The van der Waals surface area contributed by atoms with E-state index in [1.165, 1.54) is 0 Å². The molecule has 1 aromatic heterocycles. The lowest BCUT2D eigenvalue weighted by atomic mass is 9.93. The normalized spacial score (nSPS) is 11.7. The van der Waals surface area contributed by atoms with Gasteiger partial charge in [0.2, 0.25) is 0 Å². The molecule has 2 rings (SSSR count). The lowest BCUT2D eigenvalue weighted by molar-refractivity contribution is 0.0241. The van der Waals surface area contributed by atoms with E-state index in [1.807, 2.05) is 39.0 Å². The summed E-state index contributed by atoms with van der Waals surface area (Å²) in [6.07, 6.45) is 3.14. The van der Waals surface area contributed by atoms with Gasteiger partial charge in [0.1, 0.15) is 5.82 Å². The molecule has 2 amide bonds. The molecular formula is C18H28N4O2. The van der Waals surface area contributed by atoms with Crippen LogP contribution in [-0.4, -0.2) is 33.3 Å². The molecule has 0 spiro atoms. The lowest BCUT2D eigenvalue weighted by Crippen LogP contribution is -2.46. The Bertz CT molecular complexity index is 675. The molecule has 2 aromatic rings. The average Bonchev–Trinajstić information content (AvgIpc) is 2.96. The highest BCUT2D eigenvalue weighted by molar-refractivity contribution is 5.78. The molecule has 1 aromatic carbocycles. The number of para-hydroxylation sites is 1. The first kappa shape index (κ1) is 18.3. The minimum atomic E-state index is -0.822. The largest absolute Gasteiger partial charge is 0.388 e. The molecule has 6 nitrogen and oxygen atoms in total. The number of imidazole rings is 1. The lowest BCUT2D eigenvalue weighted by Gasteiger charge is -2.27. The van der Waals surface area contributed by atoms with Gasteiger partial charge in [0.25, 0.3) is 0 Å². The van der Waals surface area contributed by atoms with Gasteiger partial charge in [-0.25, -0.2) is 9.78 Å². The number of nitrogens with zero attached hydrogens (tertiary/aromatic N) is 1. The van der Waals surface area contributed by atoms with Crippen LogP contribution in [0.2, 0.25) is 0 Å². The van der Waals surface area contributed by atoms with Crippen molar-refractivity contribution in [1.29, 1.82) is 0 Å². The third kappa shape index (κ3) is 4.71. The molecule has 0 radical (unpaired) electrons. The molecule has 4 N–H and O–H groups in total. The minimum absolute atomic E-state index is 0.264. The van der Waals surface area contributed by atoms with Crippen LogP contribution in [0.4, 0.5) is 4.79 Å². The van der Waals surface area contributed by atoms with Crippen LogP contribution in [0.3, 0.4) is 0 Å². The zero-order valence-corrected chi connectivity index (χ0v) is 14.8. The SMILES string of the molecule is CCCC(O)(CCC)CNC(=O)NCc1nc2c(C)cccc2[nH]1. The number of aromatic nitrogens is 2. The molecular weight excluding hydrogens is 304 g/mol. The van der Waals surface area contributed by atoms with Crippen LogP contribution in [0.15, 0.2) is 18.2 Å². The molecule has 0 bridgehead atoms. The molecule has 0 aliphatic carbocycles. The van der Waals surface area contributed by atoms with Gasteiger partial charge < -0.3 is 20.7 Å². The Kier molecular flexibility index (Phi) is 6.20. The van der Waals surface area contributed by atoms with Crippen LogP contribution >= 0.6 is 0 Å². The highest BCUT2D eigenvalue weighted by atomic mass is 16.3. The number of hydrogen-bond acceptors (Lipinski definition) is 3. The fourth-order valence-electron chi connectivity index (χ4n) is 3.01. The Morgan fingerprint density at radius 2 is 1.96 bits per heavy atom. The molecule has 24 heavy (non-hydrogen) atoms. The van der Waals surface area contributed by atoms with E-state index in [-0.39, 0.29) is 12.6 Å². The van der Waals surface area contributed by atoms with Gasteiger partial charge in [-0.2, -0.15) is 0 Å². The van der Waals surface area contributed by atoms with Gasteiger partial charge in [-0.1, -0.05) is 38.8 Å². The van der Waals surface area contributed by atoms with E-state index in [0.29, 0.717) is 25.2 Å². The van der Waals surface area contributed by atoms with E-state index in [4.69, 9.17) is 0 Å². The number of urea groups is 1. The number of aryl methyl sites for hydroxylation is 1. The Morgan fingerprint density at radius 1 is 1.25 bits per heavy atom. The standard InChI is InChI=1S/C18H28N4O2/c1-4-9-18(24,10-5-2)12-20-17(23)19-11-15-21-14-8-6-7-13(3)16(14)22-15/h6-8,24H,4-5,9-12H2,1-3H3,(H,21,22)(H2,19,20,23). The topological polar surface area (TPSA) is 90.0 Å². The number of aliphatic hydroxyl groups is 1. The summed E-state index contributed by atoms with van der Waals surface area (Å²) in [6.45, 7) is 6.66. The molecule has 0 aliphatic rings. The predicted octanol–water partition coefficient (Wildman–Crippen LogP) is 3.00. The Hall–Kier alpha value is -2.08. The fraction of sp³-hybridized carbons (Fsp3) is 0.556. The van der Waals surface area contributed by atoms with Crippen LogP contribution in [-0.2, 0) is 6.54 Å². The van der Waals surface area contributed by atoms with Gasteiger partial charge in [0.05, 0.1) is 23.2 Å². The smallest absolute Gasteiger partial charge is 0.315 e. The van der Waals surface area contributed by atoms with Gasteiger partial charge in [-0.3, -0.25) is 0 Å². The summed E-state index contributed by atoms with van der Waals surface area (Å²) < 4.78 is 0. The van der Waals surface area contributed by atoms with Gasteiger partial charge in [-0.05, 0) is 31.4 Å². The summed E-state index contributed by atoms with van der Waals surface area (Å²) in [4.78, 5) is 19.7. The van der Waals surface area contributed by atoms with E-state index < -0.39 is 5.60 Å². The number of fused-ring (bicyclic) bond motifs is 1. The second kappa shape index (κ2) is 8.15. The van der Waals surface area contributed by atoms with Gasteiger partial charge in [-0.15, -0.1) is 0 Å². The van der Waals surface area contributed by atoms with E-state index >= 15 is 0 Å². The van der Waals surface area contributed by atoms with Crippen molar-refractivity contribution in [2.45, 2.75) is 58.6 Å². The van der Waals surface area contributed by atoms with Crippen molar-refractivity contribution in [2.75, 3.05) is 6.54 Å². The van der Waals surface area contributed by atoms with E-state index in [1.54, 1.807) is 0 Å². The number of H-pyrrole nitrogens is 1. The van der Waals surface area contributed by atoms with Gasteiger partial charge in [0, 0.05) is 6.54 Å². The molecule has 0 saturated carbocycles. The van der Waals surface area contributed by atoms with E-state index in [0.717, 1.165) is 29.4 Å². The van der Waals surface area contributed by atoms with Crippen molar-refractivity contribution in [2.24, 2.45) is 0 Å². The first-order valence-electron chi connectivity index (χ1n) is 8.65. The number of nitrogens with one attached hydrogen (secondary N) is 3. The molecule has 132 valence electrons. The third-order valence-corrected chi connectivity index (χ3v) is 4.19. The van der Waals surface area contributed by atoms with E-state index in [9.17, 15) is 9.90 Å². The van der Waals surface area contributed by atoms with Crippen molar-refractivity contribution >= 4 is 17.1 Å². The number of hydrogen-bond donors (Lipinski definition) is 4. The molecule has 0 fully saturated rings. The number of benzene rings is 1. The Morgan fingerprint density at radius 3 is 2.58 bits per heavy atom. The average molecular weight is 332 g/mol. The molecule has 6 heteroatoms. The fourth-order valence-corrected chi connectivity index (χ4v) is 3.01. The summed E-state index contributed by atoms with van der Waals surface area (Å²) in [5.74, 6) is 0.715. The monoisotopic (exact) mass is 332 g/mol. The van der Waals surface area contributed by atoms with Crippen LogP contribution in [0.5, 0.6) is 0 Å². The van der Waals surface area contributed by atoms with Crippen LogP contribution < -0.4 is 10.6 Å². The van der Waals surface area contributed by atoms with Crippen LogP contribution in [0.1, 0.15) is 50.9 Å². The molecule has 0 unspecified atom stereocenters. The highest BCUT2D eigenvalue weighted by Gasteiger charge is 2.25. The number of rotatable bonds is 8. The summed E-state index contributed by atoms with van der Waals surface area (Å²) in [5, 5.41) is 16.1. The highest BCUT2D eigenvalue weighted by Crippen LogP contribution is 2.18. The Labute approximate surface area is 143 Å². The van der Waals surface area contributed by atoms with Gasteiger partial charge >= 0.3 is 6.03 Å². The summed E-state index contributed by atoms with van der Waals surface area (Å²) >= 11 is 0. The summed E-state index contributed by atoms with van der Waals surface area (Å²) in [6, 6.07) is 5.66. The zero-order chi connectivity index (χ0) is 17.6. The van der Waals surface area contributed by atoms with Gasteiger partial charge in [0.15, 0.2) is 0 Å². The third-order valence-electron chi connectivity index (χ3n) is 4.19. The van der Waals surface area contributed by atoms with Crippen molar-refractivity contribution < 1.29 is 9.90 Å². The summed E-state index contributed by atoms with van der Waals surface area (Å²) in [7, 11) is 0. The summed E-state index contributed by atoms with van der Waals surface area (Å²) in [5.41, 5.74) is 2.17. The molecule has 1 heterocycles. The zero-order valence-electron chi connectivity index (χ0n) is 14.8. The maximum atomic E-state index is 12.0. The minimum Gasteiger partial charge on any atom is -0.388 e. The van der Waals surface area contributed by atoms with Crippen molar-refractivity contribution in [3.05, 3.63) is 29.6 Å². The van der Waals surface area contributed by atoms with Crippen molar-refractivity contribution in [3.8, 4) is 0 Å². The van der Waals surface area contributed by atoms with Crippen LogP contribution in [0, 0.1) is 6.92 Å². The van der Waals surface area contributed by atoms with Crippen molar-refractivity contribution in [1.82, 2.24) is 20.6 Å². The second-order valence-corrected chi connectivity index (χ2v) is 6.42. The number of aromatic amines is 1. The molecule has 0 aliphatic heterocycles. The number of carbonyl (C=O) groups excluding carboxylic acids is 1. The quantitative estimate of drug-likeness (QED) is 0.599. The van der Waals surface area contributed by atoms with Crippen LogP contribution in [0.25, 0.3) is 11.0 Å². The molecule has 0 atom stereocenters.